The summed E-state index contributed by atoms with van der Waals surface area (Å²) in [6.45, 7) is 3.92. The summed E-state index contributed by atoms with van der Waals surface area (Å²) in [7, 11) is -3.67. The van der Waals surface area contributed by atoms with Crippen LogP contribution < -0.4 is 5.32 Å². The van der Waals surface area contributed by atoms with E-state index in [0.29, 0.717) is 0 Å². The summed E-state index contributed by atoms with van der Waals surface area (Å²) in [5.41, 5.74) is 0. The maximum absolute atomic E-state index is 13.1. The van der Waals surface area contributed by atoms with Gasteiger partial charge in [-0.15, -0.1) is 0 Å². The summed E-state index contributed by atoms with van der Waals surface area (Å²) < 4.78 is 27.7. The Morgan fingerprint density at radius 2 is 1.84 bits per heavy atom. The van der Waals surface area contributed by atoms with Crippen molar-refractivity contribution in [2.45, 2.75) is 75.8 Å². The van der Waals surface area contributed by atoms with E-state index >= 15 is 0 Å². The molecule has 1 amide bonds. The Kier molecular flexibility index (Phi) is 7.44. The third-order valence-electron chi connectivity index (χ3n) is 4.76. The predicted octanol–water partition coefficient (Wildman–Crippen LogP) is 3.31. The van der Waals surface area contributed by atoms with E-state index in [-0.39, 0.29) is 29.4 Å². The number of nitrogens with one attached hydrogen (secondary N) is 1. The van der Waals surface area contributed by atoms with E-state index in [1.165, 1.54) is 4.31 Å². The Morgan fingerprint density at radius 1 is 1.20 bits per heavy atom. The van der Waals surface area contributed by atoms with E-state index in [4.69, 9.17) is 0 Å². The molecule has 1 aromatic carbocycles. The van der Waals surface area contributed by atoms with Gasteiger partial charge in [0, 0.05) is 12.1 Å². The van der Waals surface area contributed by atoms with Gasteiger partial charge < -0.3 is 5.32 Å². The molecule has 5 nitrogen and oxygen atoms in total. The maximum atomic E-state index is 13.1. The summed E-state index contributed by atoms with van der Waals surface area (Å²) in [5.74, 6) is -0.217. The molecule has 0 bridgehead atoms. The molecule has 1 aliphatic carbocycles. The molecule has 0 aliphatic heterocycles. The molecule has 25 heavy (non-hydrogen) atoms. The van der Waals surface area contributed by atoms with Crippen LogP contribution in [0, 0.1) is 0 Å². The van der Waals surface area contributed by atoms with Crippen LogP contribution in [0.2, 0.25) is 0 Å². The van der Waals surface area contributed by atoms with Crippen molar-refractivity contribution in [3.8, 4) is 0 Å². The Hall–Kier alpha value is -1.40. The third kappa shape index (κ3) is 5.54. The normalized spacial score (nSPS) is 17.4. The average Bonchev–Trinajstić information content (AvgIpc) is 2.61. The third-order valence-corrected chi connectivity index (χ3v) is 6.67. The van der Waals surface area contributed by atoms with Crippen molar-refractivity contribution < 1.29 is 13.2 Å². The molecule has 6 heteroatoms. The van der Waals surface area contributed by atoms with E-state index in [1.807, 2.05) is 6.92 Å². The van der Waals surface area contributed by atoms with Crippen molar-refractivity contribution in [1.29, 1.82) is 0 Å². The Bertz CT molecular complexity index is 640. The van der Waals surface area contributed by atoms with Gasteiger partial charge in [0.25, 0.3) is 0 Å². The largest absolute Gasteiger partial charge is 0.353 e. The molecule has 1 aliphatic rings. The van der Waals surface area contributed by atoms with Gasteiger partial charge in [-0.3, -0.25) is 4.79 Å². The lowest BCUT2D eigenvalue weighted by molar-refractivity contribution is -0.122. The maximum Gasteiger partial charge on any atom is 0.243 e. The Morgan fingerprint density at radius 3 is 2.44 bits per heavy atom. The predicted molar refractivity (Wildman–Crippen MR) is 99.7 cm³/mol. The molecular weight excluding hydrogens is 336 g/mol. The van der Waals surface area contributed by atoms with Crippen LogP contribution in [0.25, 0.3) is 0 Å². The van der Waals surface area contributed by atoms with E-state index in [1.54, 1.807) is 30.3 Å². The highest BCUT2D eigenvalue weighted by Gasteiger charge is 2.33. The van der Waals surface area contributed by atoms with Crippen LogP contribution in [0.3, 0.4) is 0 Å². The SMILES string of the molecule is CCC[C@@H](C)NC(=O)CN(C1CCCCC1)S(=O)(=O)c1ccccc1. The molecule has 1 atom stereocenters. The van der Waals surface area contributed by atoms with Gasteiger partial charge in [0.15, 0.2) is 0 Å². The molecule has 1 aromatic rings. The first-order valence-electron chi connectivity index (χ1n) is 9.31. The summed E-state index contributed by atoms with van der Waals surface area (Å²) in [6, 6.07) is 8.40. The van der Waals surface area contributed by atoms with Gasteiger partial charge in [0.05, 0.1) is 11.4 Å². The minimum absolute atomic E-state index is 0.0603. The zero-order chi connectivity index (χ0) is 18.3. The van der Waals surface area contributed by atoms with Gasteiger partial charge in [0.2, 0.25) is 15.9 Å². The molecule has 0 radical (unpaired) electrons. The van der Waals surface area contributed by atoms with Crippen LogP contribution in [0.5, 0.6) is 0 Å². The van der Waals surface area contributed by atoms with Crippen LogP contribution in [-0.2, 0) is 14.8 Å². The van der Waals surface area contributed by atoms with Crippen LogP contribution in [-0.4, -0.2) is 37.3 Å². The molecule has 0 saturated heterocycles. The highest BCUT2D eigenvalue weighted by atomic mass is 32.2. The van der Waals surface area contributed by atoms with E-state index in [9.17, 15) is 13.2 Å². The number of nitrogens with zero attached hydrogens (tertiary/aromatic N) is 1. The quantitative estimate of drug-likeness (QED) is 0.767. The second-order valence-electron chi connectivity index (χ2n) is 6.91. The molecular formula is C19H30N2O3S. The first-order chi connectivity index (χ1) is 11.9. The number of hydrogen-bond donors (Lipinski definition) is 1. The van der Waals surface area contributed by atoms with Gasteiger partial charge in [-0.2, -0.15) is 4.31 Å². The molecule has 0 spiro atoms. The smallest absolute Gasteiger partial charge is 0.243 e. The summed E-state index contributed by atoms with van der Waals surface area (Å²) in [6.07, 6.45) is 6.68. The van der Waals surface area contributed by atoms with Crippen molar-refractivity contribution >= 4 is 15.9 Å². The van der Waals surface area contributed by atoms with Gasteiger partial charge in [0.1, 0.15) is 0 Å². The molecule has 1 N–H and O–H groups in total. The average molecular weight is 367 g/mol. The zero-order valence-corrected chi connectivity index (χ0v) is 16.1. The zero-order valence-electron chi connectivity index (χ0n) is 15.3. The van der Waals surface area contributed by atoms with Crippen molar-refractivity contribution in [1.82, 2.24) is 9.62 Å². The molecule has 140 valence electrons. The van der Waals surface area contributed by atoms with Crippen molar-refractivity contribution in [3.63, 3.8) is 0 Å². The fourth-order valence-corrected chi connectivity index (χ4v) is 5.14. The second kappa shape index (κ2) is 9.34. The molecule has 0 aromatic heterocycles. The van der Waals surface area contributed by atoms with E-state index < -0.39 is 10.0 Å². The minimum Gasteiger partial charge on any atom is -0.353 e. The van der Waals surface area contributed by atoms with E-state index in [2.05, 4.69) is 12.2 Å². The fraction of sp³-hybridized carbons (Fsp3) is 0.632. The number of hydrogen-bond acceptors (Lipinski definition) is 3. The number of carbonyl (C=O) groups is 1. The summed E-state index contributed by atoms with van der Waals surface area (Å²) in [5, 5.41) is 2.93. The van der Waals surface area contributed by atoms with Crippen LogP contribution in [0.1, 0.15) is 58.8 Å². The topological polar surface area (TPSA) is 66.5 Å². The highest BCUT2D eigenvalue weighted by Crippen LogP contribution is 2.27. The number of amides is 1. The second-order valence-corrected chi connectivity index (χ2v) is 8.80. The fourth-order valence-electron chi connectivity index (χ4n) is 3.47. The number of carbonyl (C=O) groups excluding carboxylic acids is 1. The molecule has 0 heterocycles. The monoisotopic (exact) mass is 366 g/mol. The lowest BCUT2D eigenvalue weighted by Gasteiger charge is -2.33. The lowest BCUT2D eigenvalue weighted by Crippen LogP contribution is -2.48. The number of sulfonamides is 1. The Labute approximate surface area is 151 Å². The standard InChI is InChI=1S/C19H30N2O3S/c1-3-10-16(2)20-19(22)15-21(17-11-6-4-7-12-17)25(23,24)18-13-8-5-9-14-18/h5,8-9,13-14,16-17H,3-4,6-7,10-12,15H2,1-2H3,(H,20,22)/t16-/m1/s1. The first-order valence-corrected chi connectivity index (χ1v) is 10.8. The van der Waals surface area contributed by atoms with Crippen LogP contribution in [0.4, 0.5) is 0 Å². The van der Waals surface area contributed by atoms with Crippen LogP contribution >= 0.6 is 0 Å². The van der Waals surface area contributed by atoms with Crippen molar-refractivity contribution in [3.05, 3.63) is 30.3 Å². The molecule has 1 fully saturated rings. The summed E-state index contributed by atoms with van der Waals surface area (Å²) in [4.78, 5) is 12.7. The Balaban J connectivity index is 2.20. The van der Waals surface area contributed by atoms with Gasteiger partial charge in [-0.1, -0.05) is 50.8 Å². The molecule has 0 unspecified atom stereocenters. The number of rotatable bonds is 8. The molecule has 2 rings (SSSR count). The molecule has 1 saturated carbocycles. The highest BCUT2D eigenvalue weighted by molar-refractivity contribution is 7.89. The number of benzene rings is 1. The lowest BCUT2D eigenvalue weighted by atomic mass is 9.95. The van der Waals surface area contributed by atoms with Gasteiger partial charge in [-0.05, 0) is 38.3 Å². The van der Waals surface area contributed by atoms with Crippen molar-refractivity contribution in [2.24, 2.45) is 0 Å². The summed E-state index contributed by atoms with van der Waals surface area (Å²) >= 11 is 0. The van der Waals surface area contributed by atoms with Crippen LogP contribution in [0.15, 0.2) is 35.2 Å². The van der Waals surface area contributed by atoms with E-state index in [0.717, 1.165) is 44.9 Å². The van der Waals surface area contributed by atoms with Gasteiger partial charge in [-0.25, -0.2) is 8.42 Å². The van der Waals surface area contributed by atoms with Crippen molar-refractivity contribution in [2.75, 3.05) is 6.54 Å². The van der Waals surface area contributed by atoms with Gasteiger partial charge >= 0.3 is 0 Å². The first kappa shape index (κ1) is 19.9. The minimum atomic E-state index is -3.67.